The number of hydrogen-bond acceptors (Lipinski definition) is 4. The summed E-state index contributed by atoms with van der Waals surface area (Å²) in [6.07, 6.45) is -4.64. The Labute approximate surface area is 124 Å². The number of carbonyl (C=O) groups is 2. The number of hydrogen-bond donors (Lipinski definition) is 1. The van der Waals surface area contributed by atoms with Gasteiger partial charge in [0.15, 0.2) is 5.69 Å². The average molecular weight is 319 g/mol. The van der Waals surface area contributed by atoms with Crippen LogP contribution in [0.4, 0.5) is 13.2 Å². The molecule has 2 heterocycles. The lowest BCUT2D eigenvalue weighted by Crippen LogP contribution is -2.58. The van der Waals surface area contributed by atoms with Crippen LogP contribution in [0.2, 0.25) is 0 Å². The molecule has 0 aromatic carbocycles. The number of amides is 2. The standard InChI is InChI=1S/C13H16F3N3O3/c1-7-5-10(18-22-7)12(21)19-6-9(17-8(2)20)3-4-11(19)13(14,15)16/h5,9,11H,3-4,6H2,1-2H3,(H,17,20)/t9-,11+/m0/s1. The first-order valence-electron chi connectivity index (χ1n) is 6.76. The van der Waals surface area contributed by atoms with E-state index in [1.807, 2.05) is 0 Å². The normalized spacial score (nSPS) is 22.5. The first-order chi connectivity index (χ1) is 10.2. The van der Waals surface area contributed by atoms with Gasteiger partial charge in [-0.3, -0.25) is 9.59 Å². The molecule has 1 saturated heterocycles. The Morgan fingerprint density at radius 3 is 2.59 bits per heavy atom. The number of halogens is 3. The Hall–Kier alpha value is -2.06. The minimum Gasteiger partial charge on any atom is -0.361 e. The zero-order valence-electron chi connectivity index (χ0n) is 12.1. The molecular formula is C13H16F3N3O3. The fraction of sp³-hybridized carbons (Fsp3) is 0.615. The minimum absolute atomic E-state index is 0.158. The van der Waals surface area contributed by atoms with Gasteiger partial charge >= 0.3 is 6.18 Å². The second-order valence-corrected chi connectivity index (χ2v) is 5.31. The highest BCUT2D eigenvalue weighted by atomic mass is 19.4. The van der Waals surface area contributed by atoms with Crippen LogP contribution in [0.25, 0.3) is 0 Å². The summed E-state index contributed by atoms with van der Waals surface area (Å²) in [5, 5.41) is 6.02. The molecule has 0 unspecified atom stereocenters. The van der Waals surface area contributed by atoms with Crippen LogP contribution in [-0.2, 0) is 4.79 Å². The number of aryl methyl sites for hydroxylation is 1. The third-order valence-corrected chi connectivity index (χ3v) is 3.48. The van der Waals surface area contributed by atoms with Crippen LogP contribution in [0.1, 0.15) is 36.0 Å². The van der Waals surface area contributed by atoms with Crippen molar-refractivity contribution in [3.8, 4) is 0 Å². The Morgan fingerprint density at radius 1 is 1.41 bits per heavy atom. The van der Waals surface area contributed by atoms with Gasteiger partial charge in [-0.05, 0) is 19.8 Å². The summed E-state index contributed by atoms with van der Waals surface area (Å²) in [5.41, 5.74) is -0.171. The van der Waals surface area contributed by atoms with Crippen LogP contribution in [0, 0.1) is 6.92 Å². The van der Waals surface area contributed by atoms with Crippen LogP contribution in [0.3, 0.4) is 0 Å². The van der Waals surface area contributed by atoms with Crippen LogP contribution >= 0.6 is 0 Å². The summed E-state index contributed by atoms with van der Waals surface area (Å²) in [5.74, 6) is -0.864. The molecule has 6 nitrogen and oxygen atoms in total. The Morgan fingerprint density at radius 2 is 2.09 bits per heavy atom. The quantitative estimate of drug-likeness (QED) is 0.899. The van der Waals surface area contributed by atoms with Gasteiger partial charge in [-0.2, -0.15) is 13.2 Å². The maximum absolute atomic E-state index is 13.1. The molecule has 2 rings (SSSR count). The molecule has 0 aliphatic carbocycles. The molecule has 1 aliphatic rings. The van der Waals surface area contributed by atoms with Gasteiger partial charge in [0.1, 0.15) is 11.8 Å². The van der Waals surface area contributed by atoms with Crippen LogP contribution in [-0.4, -0.2) is 46.7 Å². The van der Waals surface area contributed by atoms with E-state index >= 15 is 0 Å². The van der Waals surface area contributed by atoms with E-state index in [1.54, 1.807) is 6.92 Å². The third kappa shape index (κ3) is 3.58. The van der Waals surface area contributed by atoms with Crippen molar-refractivity contribution in [3.63, 3.8) is 0 Å². The monoisotopic (exact) mass is 319 g/mol. The topological polar surface area (TPSA) is 75.4 Å². The number of aromatic nitrogens is 1. The van der Waals surface area contributed by atoms with Gasteiger partial charge in [0.05, 0.1) is 0 Å². The molecule has 122 valence electrons. The number of rotatable bonds is 2. The highest BCUT2D eigenvalue weighted by Crippen LogP contribution is 2.32. The molecule has 9 heteroatoms. The molecule has 1 aromatic heterocycles. The van der Waals surface area contributed by atoms with Crippen molar-refractivity contribution in [1.82, 2.24) is 15.4 Å². The number of piperidine rings is 1. The summed E-state index contributed by atoms with van der Waals surface area (Å²) in [6.45, 7) is 2.61. The van der Waals surface area contributed by atoms with Gasteiger partial charge in [-0.15, -0.1) is 0 Å². The molecule has 1 aromatic rings. The fourth-order valence-corrected chi connectivity index (χ4v) is 2.56. The van der Waals surface area contributed by atoms with E-state index in [-0.39, 0.29) is 31.0 Å². The number of carbonyl (C=O) groups excluding carboxylic acids is 2. The summed E-state index contributed by atoms with van der Waals surface area (Å²) in [7, 11) is 0. The number of likely N-dealkylation sites (tertiary alicyclic amines) is 1. The van der Waals surface area contributed by atoms with Crippen LogP contribution in [0.5, 0.6) is 0 Å². The first kappa shape index (κ1) is 16.3. The fourth-order valence-electron chi connectivity index (χ4n) is 2.56. The van der Waals surface area contributed by atoms with E-state index in [0.717, 1.165) is 0 Å². The Kier molecular flexibility index (Phi) is 4.43. The van der Waals surface area contributed by atoms with Gasteiger partial charge in [0.25, 0.3) is 5.91 Å². The van der Waals surface area contributed by atoms with E-state index in [9.17, 15) is 22.8 Å². The molecule has 0 spiro atoms. The van der Waals surface area contributed by atoms with Crippen molar-refractivity contribution in [3.05, 3.63) is 17.5 Å². The van der Waals surface area contributed by atoms with Crippen LogP contribution < -0.4 is 5.32 Å². The number of nitrogens with one attached hydrogen (secondary N) is 1. The maximum Gasteiger partial charge on any atom is 0.408 e. The lowest BCUT2D eigenvalue weighted by Gasteiger charge is -2.40. The van der Waals surface area contributed by atoms with E-state index in [0.29, 0.717) is 10.7 Å². The third-order valence-electron chi connectivity index (χ3n) is 3.48. The SMILES string of the molecule is CC(=O)N[C@H]1CC[C@H](C(F)(F)F)N(C(=O)c2cc(C)on2)C1. The molecule has 1 fully saturated rings. The highest BCUT2D eigenvalue weighted by molar-refractivity contribution is 5.92. The molecule has 2 amide bonds. The molecular weight excluding hydrogens is 303 g/mol. The predicted octanol–water partition coefficient (Wildman–Crippen LogP) is 1.65. The van der Waals surface area contributed by atoms with Gasteiger partial charge in [-0.25, -0.2) is 0 Å². The summed E-state index contributed by atoms with van der Waals surface area (Å²) in [4.78, 5) is 24.1. The maximum atomic E-state index is 13.1. The second-order valence-electron chi connectivity index (χ2n) is 5.31. The lowest BCUT2D eigenvalue weighted by molar-refractivity contribution is -0.184. The lowest BCUT2D eigenvalue weighted by atomic mass is 9.97. The number of alkyl halides is 3. The molecule has 22 heavy (non-hydrogen) atoms. The van der Waals surface area contributed by atoms with Crippen molar-refractivity contribution in [2.45, 2.75) is 44.9 Å². The summed E-state index contributed by atoms with van der Waals surface area (Å²) < 4.78 is 44.2. The van der Waals surface area contributed by atoms with Gasteiger partial charge < -0.3 is 14.7 Å². The minimum atomic E-state index is -4.53. The second kappa shape index (κ2) is 5.98. The molecule has 0 saturated carbocycles. The summed E-state index contributed by atoms with van der Waals surface area (Å²) >= 11 is 0. The molecule has 2 atom stereocenters. The van der Waals surface area contributed by atoms with Crippen molar-refractivity contribution in [2.75, 3.05) is 6.54 Å². The van der Waals surface area contributed by atoms with Crippen molar-refractivity contribution in [2.24, 2.45) is 0 Å². The van der Waals surface area contributed by atoms with Crippen molar-refractivity contribution < 1.29 is 27.3 Å². The molecule has 0 bridgehead atoms. The van der Waals surface area contributed by atoms with Crippen LogP contribution in [0.15, 0.2) is 10.6 Å². The van der Waals surface area contributed by atoms with Crippen molar-refractivity contribution >= 4 is 11.8 Å². The Bertz CT molecular complexity index is 570. The van der Waals surface area contributed by atoms with Gasteiger partial charge in [-0.1, -0.05) is 5.16 Å². The van der Waals surface area contributed by atoms with E-state index in [4.69, 9.17) is 4.52 Å². The zero-order valence-corrected chi connectivity index (χ0v) is 12.1. The average Bonchev–Trinajstić information content (AvgIpc) is 2.82. The van der Waals surface area contributed by atoms with E-state index < -0.39 is 24.2 Å². The largest absolute Gasteiger partial charge is 0.408 e. The summed E-state index contributed by atoms with van der Waals surface area (Å²) in [6, 6.07) is -1.10. The predicted molar refractivity (Wildman–Crippen MR) is 69.0 cm³/mol. The van der Waals surface area contributed by atoms with Gasteiger partial charge in [0, 0.05) is 25.6 Å². The smallest absolute Gasteiger partial charge is 0.361 e. The zero-order chi connectivity index (χ0) is 16.5. The van der Waals surface area contributed by atoms with E-state index in [2.05, 4.69) is 10.5 Å². The molecule has 1 N–H and O–H groups in total. The number of nitrogens with zero attached hydrogens (tertiary/aromatic N) is 2. The van der Waals surface area contributed by atoms with Crippen molar-refractivity contribution in [1.29, 1.82) is 0 Å². The Balaban J connectivity index is 2.23. The molecule has 0 radical (unpaired) electrons. The highest BCUT2D eigenvalue weighted by Gasteiger charge is 2.48. The molecule has 1 aliphatic heterocycles. The van der Waals surface area contributed by atoms with E-state index in [1.165, 1.54) is 13.0 Å². The van der Waals surface area contributed by atoms with Gasteiger partial charge in [0.2, 0.25) is 5.91 Å². The first-order valence-corrected chi connectivity index (χ1v) is 6.76.